The summed E-state index contributed by atoms with van der Waals surface area (Å²) in [7, 11) is 0. The molecule has 0 N–H and O–H groups in total. The summed E-state index contributed by atoms with van der Waals surface area (Å²) >= 11 is 0. The van der Waals surface area contributed by atoms with E-state index in [0.717, 1.165) is 19.4 Å². The lowest BCUT2D eigenvalue weighted by atomic mass is 10.4. The molecular formula is C15H24FNO4. The number of pyridine rings is 1. The SMILES string of the molecule is CCCCOCCOCCOCCOc1ccnc(F)c1. The van der Waals surface area contributed by atoms with E-state index in [1.165, 1.54) is 12.3 Å². The fourth-order valence-corrected chi connectivity index (χ4v) is 1.48. The Morgan fingerprint density at radius 1 is 0.952 bits per heavy atom. The van der Waals surface area contributed by atoms with Gasteiger partial charge >= 0.3 is 0 Å². The molecule has 0 fully saturated rings. The summed E-state index contributed by atoms with van der Waals surface area (Å²) < 4.78 is 34.1. The third-order valence-electron chi connectivity index (χ3n) is 2.58. The molecule has 120 valence electrons. The fraction of sp³-hybridized carbons (Fsp3) is 0.667. The van der Waals surface area contributed by atoms with Gasteiger partial charge in [0.2, 0.25) is 5.95 Å². The van der Waals surface area contributed by atoms with Gasteiger partial charge in [0.15, 0.2) is 0 Å². The number of hydrogen-bond donors (Lipinski definition) is 0. The van der Waals surface area contributed by atoms with Crippen molar-refractivity contribution in [2.24, 2.45) is 0 Å². The summed E-state index contributed by atoms with van der Waals surface area (Å²) in [6, 6.07) is 2.84. The standard InChI is InChI=1S/C15H24FNO4/c1-2-3-6-18-7-8-19-9-10-20-11-12-21-14-4-5-17-15(16)13-14/h4-5,13H,2-3,6-12H2,1H3. The van der Waals surface area contributed by atoms with Crippen LogP contribution in [0.2, 0.25) is 0 Å². The van der Waals surface area contributed by atoms with E-state index in [-0.39, 0.29) is 0 Å². The van der Waals surface area contributed by atoms with E-state index in [2.05, 4.69) is 11.9 Å². The third-order valence-corrected chi connectivity index (χ3v) is 2.58. The van der Waals surface area contributed by atoms with Gasteiger partial charge in [0.05, 0.1) is 33.0 Å². The molecule has 0 bridgehead atoms. The Labute approximate surface area is 125 Å². The van der Waals surface area contributed by atoms with Crippen molar-refractivity contribution < 1.29 is 23.3 Å². The molecule has 5 nitrogen and oxygen atoms in total. The maximum Gasteiger partial charge on any atom is 0.216 e. The normalized spacial score (nSPS) is 10.8. The Kier molecular flexibility index (Phi) is 10.6. The van der Waals surface area contributed by atoms with Gasteiger partial charge in [0.25, 0.3) is 0 Å². The Hall–Kier alpha value is -1.24. The molecular weight excluding hydrogens is 277 g/mol. The molecule has 1 aromatic rings. The molecule has 0 aliphatic rings. The third kappa shape index (κ3) is 10.2. The van der Waals surface area contributed by atoms with Crippen LogP contribution in [-0.4, -0.2) is 51.2 Å². The summed E-state index contributed by atoms with van der Waals surface area (Å²) in [5, 5.41) is 0. The molecule has 21 heavy (non-hydrogen) atoms. The molecule has 1 aromatic heterocycles. The number of ether oxygens (including phenoxy) is 4. The number of unbranched alkanes of at least 4 members (excludes halogenated alkanes) is 1. The van der Waals surface area contributed by atoms with Crippen molar-refractivity contribution in [1.29, 1.82) is 0 Å². The minimum Gasteiger partial charge on any atom is -0.491 e. The van der Waals surface area contributed by atoms with Gasteiger partial charge in [-0.15, -0.1) is 0 Å². The van der Waals surface area contributed by atoms with E-state index in [0.29, 0.717) is 45.4 Å². The highest BCUT2D eigenvalue weighted by Crippen LogP contribution is 2.09. The lowest BCUT2D eigenvalue weighted by Gasteiger charge is -2.08. The molecule has 0 amide bonds. The van der Waals surface area contributed by atoms with Crippen molar-refractivity contribution in [3.63, 3.8) is 0 Å². The van der Waals surface area contributed by atoms with Crippen molar-refractivity contribution >= 4 is 0 Å². The second kappa shape index (κ2) is 12.5. The zero-order chi connectivity index (χ0) is 15.2. The first kappa shape index (κ1) is 17.8. The Balaban J connectivity index is 1.82. The summed E-state index contributed by atoms with van der Waals surface area (Å²) in [4.78, 5) is 3.44. The lowest BCUT2D eigenvalue weighted by molar-refractivity contribution is 0.00893. The van der Waals surface area contributed by atoms with Crippen LogP contribution in [0.4, 0.5) is 4.39 Å². The molecule has 0 unspecified atom stereocenters. The van der Waals surface area contributed by atoms with Gasteiger partial charge in [-0.1, -0.05) is 13.3 Å². The number of nitrogens with zero attached hydrogens (tertiary/aromatic N) is 1. The molecule has 6 heteroatoms. The van der Waals surface area contributed by atoms with Crippen molar-refractivity contribution in [2.75, 3.05) is 46.2 Å². The van der Waals surface area contributed by atoms with Crippen molar-refractivity contribution in [3.05, 3.63) is 24.3 Å². The van der Waals surface area contributed by atoms with Crippen LogP contribution in [0.15, 0.2) is 18.3 Å². The summed E-state index contributed by atoms with van der Waals surface area (Å²) in [5.74, 6) is -0.102. The Morgan fingerprint density at radius 2 is 1.57 bits per heavy atom. The first-order chi connectivity index (χ1) is 10.3. The van der Waals surface area contributed by atoms with Crippen LogP contribution in [0.25, 0.3) is 0 Å². The van der Waals surface area contributed by atoms with E-state index in [9.17, 15) is 4.39 Å². The second-order valence-electron chi connectivity index (χ2n) is 4.35. The molecule has 0 aromatic carbocycles. The number of halogens is 1. The zero-order valence-corrected chi connectivity index (χ0v) is 12.6. The van der Waals surface area contributed by atoms with Gasteiger partial charge in [-0.2, -0.15) is 4.39 Å². The van der Waals surface area contributed by atoms with E-state index in [4.69, 9.17) is 18.9 Å². The minimum atomic E-state index is -0.553. The summed E-state index contributed by atoms with van der Waals surface area (Å²) in [6.07, 6.45) is 3.59. The fourth-order valence-electron chi connectivity index (χ4n) is 1.48. The minimum absolute atomic E-state index is 0.365. The summed E-state index contributed by atoms with van der Waals surface area (Å²) in [6.45, 7) is 5.96. The molecule has 1 rings (SSSR count). The van der Waals surface area contributed by atoms with Crippen LogP contribution in [0.3, 0.4) is 0 Å². The highest BCUT2D eigenvalue weighted by atomic mass is 19.1. The highest BCUT2D eigenvalue weighted by molar-refractivity contribution is 5.17. The van der Waals surface area contributed by atoms with Gasteiger partial charge < -0.3 is 18.9 Å². The number of aromatic nitrogens is 1. The van der Waals surface area contributed by atoms with Crippen LogP contribution < -0.4 is 4.74 Å². The lowest BCUT2D eigenvalue weighted by Crippen LogP contribution is -2.13. The highest BCUT2D eigenvalue weighted by Gasteiger charge is 1.97. The van der Waals surface area contributed by atoms with E-state index in [1.54, 1.807) is 6.07 Å². The van der Waals surface area contributed by atoms with Crippen LogP contribution in [0.1, 0.15) is 19.8 Å². The predicted molar refractivity (Wildman–Crippen MR) is 77.1 cm³/mol. The van der Waals surface area contributed by atoms with Gasteiger partial charge in [0.1, 0.15) is 12.4 Å². The van der Waals surface area contributed by atoms with Gasteiger partial charge in [-0.05, 0) is 12.5 Å². The van der Waals surface area contributed by atoms with Crippen LogP contribution >= 0.6 is 0 Å². The summed E-state index contributed by atoms with van der Waals surface area (Å²) in [5.41, 5.74) is 0. The predicted octanol–water partition coefficient (Wildman–Crippen LogP) is 2.45. The van der Waals surface area contributed by atoms with Gasteiger partial charge in [-0.3, -0.25) is 0 Å². The molecule has 0 radical (unpaired) electrons. The Bertz CT molecular complexity index is 365. The quantitative estimate of drug-likeness (QED) is 0.414. The molecule has 0 atom stereocenters. The molecule has 1 heterocycles. The van der Waals surface area contributed by atoms with Crippen LogP contribution in [0.5, 0.6) is 5.75 Å². The second-order valence-corrected chi connectivity index (χ2v) is 4.35. The van der Waals surface area contributed by atoms with Crippen molar-refractivity contribution in [2.45, 2.75) is 19.8 Å². The average molecular weight is 301 g/mol. The largest absolute Gasteiger partial charge is 0.491 e. The van der Waals surface area contributed by atoms with E-state index < -0.39 is 5.95 Å². The van der Waals surface area contributed by atoms with Gasteiger partial charge in [-0.25, -0.2) is 4.98 Å². The molecule has 0 spiro atoms. The van der Waals surface area contributed by atoms with E-state index in [1.807, 2.05) is 0 Å². The molecule has 0 saturated carbocycles. The smallest absolute Gasteiger partial charge is 0.216 e. The first-order valence-corrected chi connectivity index (χ1v) is 7.30. The van der Waals surface area contributed by atoms with Crippen LogP contribution in [0, 0.1) is 5.95 Å². The van der Waals surface area contributed by atoms with Crippen molar-refractivity contribution in [1.82, 2.24) is 4.98 Å². The van der Waals surface area contributed by atoms with Gasteiger partial charge in [0, 0.05) is 18.9 Å². The maximum absolute atomic E-state index is 12.8. The molecule has 0 aliphatic carbocycles. The van der Waals surface area contributed by atoms with Crippen molar-refractivity contribution in [3.8, 4) is 5.75 Å². The average Bonchev–Trinajstić information content (AvgIpc) is 2.48. The maximum atomic E-state index is 12.8. The number of hydrogen-bond acceptors (Lipinski definition) is 5. The zero-order valence-electron chi connectivity index (χ0n) is 12.6. The topological polar surface area (TPSA) is 49.8 Å². The Morgan fingerprint density at radius 3 is 2.19 bits per heavy atom. The molecule has 0 saturated heterocycles. The molecule has 0 aliphatic heterocycles. The number of rotatable bonds is 13. The first-order valence-electron chi connectivity index (χ1n) is 7.30. The monoisotopic (exact) mass is 301 g/mol. The van der Waals surface area contributed by atoms with E-state index >= 15 is 0 Å². The van der Waals surface area contributed by atoms with Crippen LogP contribution in [-0.2, 0) is 14.2 Å².